The Labute approximate surface area is 91.9 Å². The van der Waals surface area contributed by atoms with Crippen molar-refractivity contribution in [2.24, 2.45) is 0 Å². The molecule has 1 aliphatic rings. The third-order valence-corrected chi connectivity index (χ3v) is 4.15. The summed E-state index contributed by atoms with van der Waals surface area (Å²) in [7, 11) is 5.47. The van der Waals surface area contributed by atoms with Crippen molar-refractivity contribution < 1.29 is 9.47 Å². The maximum atomic E-state index is 6.08. The van der Waals surface area contributed by atoms with Gasteiger partial charge in [0.2, 0.25) is 0 Å². The topological polar surface area (TPSA) is 18.5 Å². The maximum absolute atomic E-state index is 6.08. The Balaban J connectivity index is 2.81. The van der Waals surface area contributed by atoms with Crippen LogP contribution in [-0.2, 0) is 9.47 Å². The van der Waals surface area contributed by atoms with E-state index in [1.54, 1.807) is 0 Å². The van der Waals surface area contributed by atoms with Crippen LogP contribution in [0.5, 0.6) is 0 Å². The Morgan fingerprint density at radius 3 is 1.36 bits per heavy atom. The molecule has 4 atom stereocenters. The van der Waals surface area contributed by atoms with Crippen LogP contribution in [0, 0.1) is 0 Å². The molecule has 1 saturated heterocycles. The Bertz CT molecular complexity index is 182. The van der Waals surface area contributed by atoms with E-state index in [0.717, 1.165) is 12.3 Å². The predicted molar refractivity (Wildman–Crippen MR) is 67.1 cm³/mol. The van der Waals surface area contributed by atoms with E-state index in [1.165, 1.54) is 0 Å². The van der Waals surface area contributed by atoms with Crippen LogP contribution in [0.3, 0.4) is 0 Å². The first kappa shape index (κ1) is 12.8. The third-order valence-electron chi connectivity index (χ3n) is 3.22. The van der Waals surface area contributed by atoms with Crippen molar-refractivity contribution in [2.75, 3.05) is 12.3 Å². The normalized spacial score (nSPS) is 35.6. The van der Waals surface area contributed by atoms with E-state index in [-0.39, 0.29) is 23.4 Å². The first-order chi connectivity index (χ1) is 6.34. The molecule has 0 aromatic carbocycles. The number of hydrogen-bond acceptors (Lipinski definition) is 2. The van der Waals surface area contributed by atoms with Gasteiger partial charge in [-0.3, -0.25) is 0 Å². The minimum atomic E-state index is -0.218. The van der Waals surface area contributed by atoms with Gasteiger partial charge in [-0.15, -0.1) is 18.5 Å². The van der Waals surface area contributed by atoms with Crippen LogP contribution in [0.4, 0.5) is 0 Å². The van der Waals surface area contributed by atoms with E-state index in [2.05, 4.69) is 46.2 Å². The average Bonchev–Trinajstić information content (AvgIpc) is 2.09. The van der Waals surface area contributed by atoms with Gasteiger partial charge in [-0.1, -0.05) is 0 Å². The molecule has 0 radical (unpaired) electrons. The summed E-state index contributed by atoms with van der Waals surface area (Å²) in [4.78, 5) is 0. The second-order valence-electron chi connectivity index (χ2n) is 4.80. The smallest absolute Gasteiger partial charge is 0.0914 e. The van der Waals surface area contributed by atoms with Crippen LogP contribution < -0.4 is 0 Å². The van der Waals surface area contributed by atoms with Gasteiger partial charge in [0.1, 0.15) is 0 Å². The van der Waals surface area contributed by atoms with Crippen molar-refractivity contribution in [3.8, 4) is 0 Å². The lowest BCUT2D eigenvalue weighted by Crippen LogP contribution is -2.61. The minimum Gasteiger partial charge on any atom is -0.366 e. The molecule has 0 aromatic rings. The molecule has 0 saturated carbocycles. The number of rotatable bonds is 2. The fourth-order valence-electron chi connectivity index (χ4n) is 1.59. The van der Waals surface area contributed by atoms with Crippen molar-refractivity contribution in [3.63, 3.8) is 0 Å². The molecule has 1 fully saturated rings. The average molecular weight is 236 g/mol. The van der Waals surface area contributed by atoms with Gasteiger partial charge in [-0.25, -0.2) is 0 Å². The highest BCUT2D eigenvalue weighted by molar-refractivity contribution is 7.17. The van der Waals surface area contributed by atoms with Gasteiger partial charge in [-0.05, 0) is 40.0 Å². The van der Waals surface area contributed by atoms with E-state index in [4.69, 9.17) is 9.47 Å². The van der Waals surface area contributed by atoms with Gasteiger partial charge in [0, 0.05) is 0 Å². The maximum Gasteiger partial charge on any atom is 0.0914 e. The Morgan fingerprint density at radius 1 is 0.857 bits per heavy atom. The van der Waals surface area contributed by atoms with Gasteiger partial charge in [0.25, 0.3) is 0 Å². The highest BCUT2D eigenvalue weighted by Crippen LogP contribution is 2.38. The van der Waals surface area contributed by atoms with Crippen molar-refractivity contribution >= 4 is 18.5 Å². The SMILES string of the molecule is CC1(C)OC(CP)C(CP)OC1(C)C. The molecule has 0 amide bonds. The monoisotopic (exact) mass is 236 g/mol. The van der Waals surface area contributed by atoms with Crippen molar-refractivity contribution in [2.45, 2.75) is 51.1 Å². The first-order valence-corrected chi connectivity index (χ1v) is 6.73. The summed E-state index contributed by atoms with van der Waals surface area (Å²) in [6, 6.07) is 0. The van der Waals surface area contributed by atoms with E-state index < -0.39 is 0 Å². The molecule has 4 heteroatoms. The second kappa shape index (κ2) is 4.34. The molecule has 4 unspecified atom stereocenters. The zero-order chi connectivity index (χ0) is 11.0. The van der Waals surface area contributed by atoms with Crippen LogP contribution >= 0.6 is 18.5 Å². The fourth-order valence-corrected chi connectivity index (χ4v) is 2.39. The summed E-state index contributed by atoms with van der Waals surface area (Å²) in [5, 5.41) is 0. The summed E-state index contributed by atoms with van der Waals surface area (Å²) < 4.78 is 12.2. The highest BCUT2D eigenvalue weighted by Gasteiger charge is 2.48. The molecule has 0 N–H and O–H groups in total. The molecule has 0 aliphatic carbocycles. The van der Waals surface area contributed by atoms with E-state index in [1.807, 2.05) is 0 Å². The van der Waals surface area contributed by atoms with Gasteiger partial charge < -0.3 is 9.47 Å². The van der Waals surface area contributed by atoms with E-state index in [0.29, 0.717) is 0 Å². The molecular weight excluding hydrogens is 214 g/mol. The Kier molecular flexibility index (Phi) is 3.98. The van der Waals surface area contributed by atoms with Crippen molar-refractivity contribution in [3.05, 3.63) is 0 Å². The fraction of sp³-hybridized carbons (Fsp3) is 1.00. The van der Waals surface area contributed by atoms with Crippen LogP contribution in [0.1, 0.15) is 27.7 Å². The Hall–Kier alpha value is 0.780. The van der Waals surface area contributed by atoms with Gasteiger partial charge >= 0.3 is 0 Å². The Morgan fingerprint density at radius 2 is 1.14 bits per heavy atom. The summed E-state index contributed by atoms with van der Waals surface area (Å²) >= 11 is 0. The molecule has 1 aliphatic heterocycles. The van der Waals surface area contributed by atoms with Crippen LogP contribution in [0.15, 0.2) is 0 Å². The molecule has 14 heavy (non-hydrogen) atoms. The molecule has 0 bridgehead atoms. The zero-order valence-corrected chi connectivity index (χ0v) is 11.8. The lowest BCUT2D eigenvalue weighted by molar-refractivity contribution is -0.283. The van der Waals surface area contributed by atoms with E-state index >= 15 is 0 Å². The summed E-state index contributed by atoms with van der Waals surface area (Å²) in [5.74, 6) is 0. The van der Waals surface area contributed by atoms with Crippen molar-refractivity contribution in [1.82, 2.24) is 0 Å². The van der Waals surface area contributed by atoms with Gasteiger partial charge in [0.05, 0.1) is 23.4 Å². The molecule has 84 valence electrons. The molecule has 0 spiro atoms. The first-order valence-electron chi connectivity index (χ1n) is 5.10. The molecular formula is C10H22O2P2. The van der Waals surface area contributed by atoms with Gasteiger partial charge in [0.15, 0.2) is 0 Å². The quantitative estimate of drug-likeness (QED) is 0.683. The third kappa shape index (κ3) is 2.30. The molecule has 1 heterocycles. The van der Waals surface area contributed by atoms with Crippen LogP contribution in [0.2, 0.25) is 0 Å². The lowest BCUT2D eigenvalue weighted by Gasteiger charge is -2.51. The van der Waals surface area contributed by atoms with Crippen LogP contribution in [-0.4, -0.2) is 35.7 Å². The lowest BCUT2D eigenvalue weighted by atomic mass is 9.87. The largest absolute Gasteiger partial charge is 0.366 e. The predicted octanol–water partition coefficient (Wildman–Crippen LogP) is 2.08. The standard InChI is InChI=1S/C10H22O2P2/c1-9(2)10(3,4)12-8(6-14)7(5-13)11-9/h7-8H,5-6,13-14H2,1-4H3. The second-order valence-corrected chi connectivity index (χ2v) is 5.75. The molecule has 0 aromatic heterocycles. The molecule has 1 rings (SSSR count). The molecule has 2 nitrogen and oxygen atoms in total. The number of ether oxygens (including phenoxy) is 2. The van der Waals surface area contributed by atoms with E-state index in [9.17, 15) is 0 Å². The highest BCUT2D eigenvalue weighted by atomic mass is 31.0. The van der Waals surface area contributed by atoms with Gasteiger partial charge in [-0.2, -0.15) is 0 Å². The zero-order valence-electron chi connectivity index (χ0n) is 9.54. The summed E-state index contributed by atoms with van der Waals surface area (Å²) in [6.45, 7) is 8.39. The summed E-state index contributed by atoms with van der Waals surface area (Å²) in [6.07, 6.45) is 2.25. The number of hydrogen-bond donors (Lipinski definition) is 0. The van der Waals surface area contributed by atoms with Crippen LogP contribution in [0.25, 0.3) is 0 Å². The minimum absolute atomic E-state index is 0.195. The van der Waals surface area contributed by atoms with Crippen molar-refractivity contribution in [1.29, 1.82) is 0 Å². The summed E-state index contributed by atoms with van der Waals surface area (Å²) in [5.41, 5.74) is -0.435.